The molecule has 2 aromatic rings. The molecule has 0 aliphatic heterocycles. The number of aromatic nitrogens is 2. The van der Waals surface area contributed by atoms with E-state index in [1.807, 2.05) is 18.7 Å². The van der Waals surface area contributed by atoms with Crippen LogP contribution in [0.2, 0.25) is 0 Å². The molecule has 0 bridgehead atoms. The van der Waals surface area contributed by atoms with Crippen molar-refractivity contribution in [2.45, 2.75) is 11.8 Å². The third kappa shape index (κ3) is 1.63. The summed E-state index contributed by atoms with van der Waals surface area (Å²) in [6.07, 6.45) is 2.09. The van der Waals surface area contributed by atoms with Crippen LogP contribution in [0.3, 0.4) is 0 Å². The monoisotopic (exact) mass is 209 g/mol. The number of nitrogens with zero attached hydrogens (tertiary/aromatic N) is 2. The second-order valence-corrected chi connectivity index (χ2v) is 3.97. The van der Waals surface area contributed by atoms with Crippen molar-refractivity contribution in [1.82, 2.24) is 15.9 Å². The first-order valence-corrected chi connectivity index (χ1v) is 5.42. The first-order chi connectivity index (χ1) is 6.22. The van der Waals surface area contributed by atoms with E-state index in [2.05, 4.69) is 29.6 Å². The first kappa shape index (κ1) is 11.1. The number of rotatable bonds is 1. The van der Waals surface area contributed by atoms with Gasteiger partial charge in [-0.2, -0.15) is 5.10 Å². The zero-order valence-electron chi connectivity index (χ0n) is 8.74. The van der Waals surface area contributed by atoms with Gasteiger partial charge in [-0.25, -0.2) is 0 Å². The van der Waals surface area contributed by atoms with E-state index in [1.165, 1.54) is 15.8 Å². The minimum atomic E-state index is 0. The molecule has 0 spiro atoms. The van der Waals surface area contributed by atoms with Crippen LogP contribution in [0, 0.1) is 6.92 Å². The van der Waals surface area contributed by atoms with Crippen molar-refractivity contribution in [3.05, 3.63) is 23.9 Å². The van der Waals surface area contributed by atoms with Crippen LogP contribution >= 0.6 is 11.8 Å². The van der Waals surface area contributed by atoms with Crippen molar-refractivity contribution >= 4 is 22.7 Å². The summed E-state index contributed by atoms with van der Waals surface area (Å²) in [5.41, 5.74) is 2.31. The van der Waals surface area contributed by atoms with Crippen molar-refractivity contribution in [3.8, 4) is 0 Å². The Kier molecular flexibility index (Phi) is 3.18. The maximum absolute atomic E-state index is 4.37. The lowest BCUT2D eigenvalue weighted by Gasteiger charge is -1.97. The van der Waals surface area contributed by atoms with Crippen molar-refractivity contribution in [3.63, 3.8) is 0 Å². The fourth-order valence-electron chi connectivity index (χ4n) is 1.55. The summed E-state index contributed by atoms with van der Waals surface area (Å²) < 4.78 is 1.93. The molecule has 2 rings (SSSR count). The molecule has 0 atom stereocenters. The van der Waals surface area contributed by atoms with Gasteiger partial charge in [-0.3, -0.25) is 4.68 Å². The largest absolute Gasteiger partial charge is 0.344 e. The average Bonchev–Trinajstić information content (AvgIpc) is 2.42. The number of thioether (sulfide) groups is 1. The summed E-state index contributed by atoms with van der Waals surface area (Å²) in [5, 5.41) is 5.63. The molecule has 0 fully saturated rings. The van der Waals surface area contributed by atoms with Crippen LogP contribution in [0.4, 0.5) is 0 Å². The topological polar surface area (TPSA) is 52.8 Å². The third-order valence-corrected chi connectivity index (χ3v) is 2.97. The van der Waals surface area contributed by atoms with Gasteiger partial charge in [-0.05, 0) is 31.4 Å². The fourth-order valence-corrected chi connectivity index (χ4v) is 1.99. The molecular formula is C10H15N3S. The molecular weight excluding hydrogens is 194 g/mol. The lowest BCUT2D eigenvalue weighted by molar-refractivity contribution is 0.783. The zero-order chi connectivity index (χ0) is 9.42. The molecule has 0 radical (unpaired) electrons. The van der Waals surface area contributed by atoms with Gasteiger partial charge < -0.3 is 6.15 Å². The van der Waals surface area contributed by atoms with E-state index < -0.39 is 0 Å². The Bertz CT molecular complexity index is 448. The van der Waals surface area contributed by atoms with E-state index in [-0.39, 0.29) is 6.15 Å². The Morgan fingerprint density at radius 2 is 2.07 bits per heavy atom. The molecule has 3 nitrogen and oxygen atoms in total. The first-order valence-electron chi connectivity index (χ1n) is 4.19. The number of aryl methyl sites for hydroxylation is 2. The van der Waals surface area contributed by atoms with E-state index in [0.717, 1.165) is 5.69 Å². The van der Waals surface area contributed by atoms with Gasteiger partial charge in [-0.15, -0.1) is 11.8 Å². The third-order valence-electron chi connectivity index (χ3n) is 2.24. The number of fused-ring (bicyclic) bond motifs is 1. The lowest BCUT2D eigenvalue weighted by Crippen LogP contribution is -1.88. The van der Waals surface area contributed by atoms with Crippen molar-refractivity contribution in [2.75, 3.05) is 6.26 Å². The molecule has 0 aliphatic rings. The molecule has 0 unspecified atom stereocenters. The van der Waals surface area contributed by atoms with Crippen LogP contribution in [0.5, 0.6) is 0 Å². The Balaban J connectivity index is 0.000000980. The van der Waals surface area contributed by atoms with E-state index in [9.17, 15) is 0 Å². The Morgan fingerprint density at radius 1 is 1.36 bits per heavy atom. The van der Waals surface area contributed by atoms with E-state index in [0.29, 0.717) is 0 Å². The van der Waals surface area contributed by atoms with E-state index >= 15 is 0 Å². The van der Waals surface area contributed by atoms with Crippen molar-refractivity contribution in [1.29, 1.82) is 0 Å². The molecule has 0 aliphatic carbocycles. The standard InChI is InChI=1S/C10H12N2S.H3N/c1-7-9-6-8(13-3)4-5-10(9)12(2)11-7;/h4-6H,1-3H3;1H3. The zero-order valence-corrected chi connectivity index (χ0v) is 9.56. The summed E-state index contributed by atoms with van der Waals surface area (Å²) >= 11 is 1.76. The van der Waals surface area contributed by atoms with Crippen LogP contribution in [0.25, 0.3) is 10.9 Å². The molecule has 1 aromatic carbocycles. The molecule has 3 N–H and O–H groups in total. The lowest BCUT2D eigenvalue weighted by atomic mass is 10.2. The van der Waals surface area contributed by atoms with Gasteiger partial charge in [0.25, 0.3) is 0 Å². The highest BCUT2D eigenvalue weighted by Gasteiger charge is 2.04. The average molecular weight is 209 g/mol. The smallest absolute Gasteiger partial charge is 0.0682 e. The van der Waals surface area contributed by atoms with Gasteiger partial charge in [0, 0.05) is 17.3 Å². The summed E-state index contributed by atoms with van der Waals surface area (Å²) in [6, 6.07) is 6.46. The Hall–Kier alpha value is -1.00. The second-order valence-electron chi connectivity index (χ2n) is 3.09. The molecule has 14 heavy (non-hydrogen) atoms. The second kappa shape index (κ2) is 4.02. The molecule has 1 aromatic heterocycles. The summed E-state index contributed by atoms with van der Waals surface area (Å²) in [6.45, 7) is 2.05. The van der Waals surface area contributed by atoms with Crippen LogP contribution in [0.1, 0.15) is 5.69 Å². The number of hydrogen-bond acceptors (Lipinski definition) is 3. The fraction of sp³-hybridized carbons (Fsp3) is 0.300. The molecule has 1 heterocycles. The van der Waals surface area contributed by atoms with Gasteiger partial charge in [0.2, 0.25) is 0 Å². The summed E-state index contributed by atoms with van der Waals surface area (Å²) in [5.74, 6) is 0. The highest BCUT2D eigenvalue weighted by atomic mass is 32.2. The Morgan fingerprint density at radius 3 is 2.71 bits per heavy atom. The van der Waals surface area contributed by atoms with Crippen LogP contribution < -0.4 is 6.15 Å². The van der Waals surface area contributed by atoms with Crippen LogP contribution in [-0.2, 0) is 7.05 Å². The van der Waals surface area contributed by atoms with E-state index in [4.69, 9.17) is 0 Å². The molecule has 4 heteroatoms. The van der Waals surface area contributed by atoms with Gasteiger partial charge >= 0.3 is 0 Å². The maximum atomic E-state index is 4.37. The van der Waals surface area contributed by atoms with Crippen molar-refractivity contribution < 1.29 is 0 Å². The van der Waals surface area contributed by atoms with Gasteiger partial charge in [0.15, 0.2) is 0 Å². The highest BCUT2D eigenvalue weighted by molar-refractivity contribution is 7.98. The summed E-state index contributed by atoms with van der Waals surface area (Å²) in [4.78, 5) is 1.30. The normalized spacial score (nSPS) is 10.2. The van der Waals surface area contributed by atoms with Crippen LogP contribution in [0.15, 0.2) is 23.1 Å². The van der Waals surface area contributed by atoms with Crippen LogP contribution in [-0.4, -0.2) is 16.0 Å². The number of hydrogen-bond donors (Lipinski definition) is 1. The molecule has 0 amide bonds. The minimum absolute atomic E-state index is 0. The van der Waals surface area contributed by atoms with E-state index in [1.54, 1.807) is 11.8 Å². The quantitative estimate of drug-likeness (QED) is 0.735. The Labute approximate surface area is 88.1 Å². The molecule has 76 valence electrons. The highest BCUT2D eigenvalue weighted by Crippen LogP contribution is 2.23. The summed E-state index contributed by atoms with van der Waals surface area (Å²) in [7, 11) is 1.98. The van der Waals surface area contributed by atoms with Gasteiger partial charge in [-0.1, -0.05) is 0 Å². The van der Waals surface area contributed by atoms with Crippen molar-refractivity contribution in [2.24, 2.45) is 7.05 Å². The minimum Gasteiger partial charge on any atom is -0.344 e. The molecule has 0 saturated heterocycles. The predicted molar refractivity (Wildman–Crippen MR) is 62.3 cm³/mol. The number of benzene rings is 1. The predicted octanol–water partition coefficient (Wildman–Crippen LogP) is 2.77. The maximum Gasteiger partial charge on any atom is 0.0682 e. The van der Waals surface area contributed by atoms with Gasteiger partial charge in [0.1, 0.15) is 0 Å². The SMILES string of the molecule is CSc1ccc2c(c1)c(C)nn2C.N. The molecule has 0 saturated carbocycles. The van der Waals surface area contributed by atoms with Gasteiger partial charge in [0.05, 0.1) is 11.2 Å².